The number of ether oxygens (including phenoxy) is 2. The van der Waals surface area contributed by atoms with E-state index in [2.05, 4.69) is 5.32 Å². The van der Waals surface area contributed by atoms with Crippen LogP contribution in [0.3, 0.4) is 0 Å². The second-order valence-electron chi connectivity index (χ2n) is 7.92. The molecular weight excluding hydrogens is 366 g/mol. The summed E-state index contributed by atoms with van der Waals surface area (Å²) in [6.07, 6.45) is 10.7. The van der Waals surface area contributed by atoms with E-state index >= 15 is 0 Å². The zero-order chi connectivity index (χ0) is 19.6. The molecule has 3 heterocycles. The third-order valence-corrected chi connectivity index (χ3v) is 5.77. The van der Waals surface area contributed by atoms with E-state index in [9.17, 15) is 4.79 Å². The lowest BCUT2D eigenvalue weighted by Crippen LogP contribution is -2.18. The molecule has 0 spiro atoms. The molecule has 2 aliphatic rings. The van der Waals surface area contributed by atoms with Crippen molar-refractivity contribution in [3.8, 4) is 22.8 Å². The maximum atomic E-state index is 12.4. The molecule has 1 aromatic carbocycles. The smallest absolute Gasteiger partial charge is 0.224 e. The van der Waals surface area contributed by atoms with Crippen LogP contribution in [0.25, 0.3) is 16.9 Å². The van der Waals surface area contributed by atoms with Crippen LogP contribution in [0.1, 0.15) is 38.5 Å². The van der Waals surface area contributed by atoms with Gasteiger partial charge in [-0.2, -0.15) is 0 Å². The lowest BCUT2D eigenvalue weighted by atomic mass is 9.87. The van der Waals surface area contributed by atoms with Crippen molar-refractivity contribution in [3.05, 3.63) is 42.7 Å². The summed E-state index contributed by atoms with van der Waals surface area (Å²) in [7, 11) is 0. The van der Waals surface area contributed by atoms with Crippen LogP contribution in [0.4, 0.5) is 5.69 Å². The van der Waals surface area contributed by atoms with E-state index in [0.717, 1.165) is 34.1 Å². The molecule has 0 radical (unpaired) electrons. The first-order chi connectivity index (χ1) is 14.2. The molecule has 1 aliphatic carbocycles. The number of nitrogens with zero attached hydrogens (tertiary/aromatic N) is 2. The first kappa shape index (κ1) is 18.0. The average Bonchev–Trinajstić information content (AvgIpc) is 3.17. The summed E-state index contributed by atoms with van der Waals surface area (Å²) in [4.78, 5) is 17.1. The molecule has 0 bridgehead atoms. The number of aromatic nitrogens is 2. The van der Waals surface area contributed by atoms with E-state index in [1.54, 1.807) is 0 Å². The zero-order valence-electron chi connectivity index (χ0n) is 16.4. The van der Waals surface area contributed by atoms with Crippen LogP contribution in [-0.4, -0.2) is 28.5 Å². The van der Waals surface area contributed by atoms with Crippen molar-refractivity contribution in [2.75, 3.05) is 18.5 Å². The highest BCUT2D eigenvalue weighted by Gasteiger charge is 2.17. The van der Waals surface area contributed by atoms with E-state index in [1.165, 1.54) is 32.1 Å². The van der Waals surface area contributed by atoms with Gasteiger partial charge in [-0.05, 0) is 49.1 Å². The van der Waals surface area contributed by atoms with Crippen molar-refractivity contribution >= 4 is 17.2 Å². The second kappa shape index (κ2) is 7.78. The fraction of sp³-hybridized carbons (Fsp3) is 0.391. The van der Waals surface area contributed by atoms with Gasteiger partial charge in [0.25, 0.3) is 0 Å². The van der Waals surface area contributed by atoms with Crippen LogP contribution < -0.4 is 14.8 Å². The van der Waals surface area contributed by atoms with Gasteiger partial charge in [0, 0.05) is 24.4 Å². The van der Waals surface area contributed by atoms with Gasteiger partial charge in [-0.25, -0.2) is 4.98 Å². The van der Waals surface area contributed by atoms with Crippen LogP contribution in [0.15, 0.2) is 42.7 Å². The molecule has 5 rings (SSSR count). The van der Waals surface area contributed by atoms with Crippen molar-refractivity contribution in [1.82, 2.24) is 9.38 Å². The predicted molar refractivity (Wildman–Crippen MR) is 111 cm³/mol. The fourth-order valence-corrected chi connectivity index (χ4v) is 4.27. The Morgan fingerprint density at radius 3 is 2.72 bits per heavy atom. The zero-order valence-corrected chi connectivity index (χ0v) is 16.4. The van der Waals surface area contributed by atoms with E-state index in [0.29, 0.717) is 25.6 Å². The molecule has 1 N–H and O–H groups in total. The monoisotopic (exact) mass is 391 g/mol. The van der Waals surface area contributed by atoms with E-state index < -0.39 is 0 Å². The summed E-state index contributed by atoms with van der Waals surface area (Å²) in [6.45, 7) is 1.14. The number of carbonyl (C=O) groups excluding carboxylic acids is 1. The van der Waals surface area contributed by atoms with Crippen LogP contribution in [0.2, 0.25) is 0 Å². The fourth-order valence-electron chi connectivity index (χ4n) is 4.27. The lowest BCUT2D eigenvalue weighted by molar-refractivity contribution is -0.117. The quantitative estimate of drug-likeness (QED) is 0.701. The Hall–Kier alpha value is -3.02. The molecule has 6 nitrogen and oxygen atoms in total. The maximum Gasteiger partial charge on any atom is 0.224 e. The Balaban J connectivity index is 1.33. The van der Waals surface area contributed by atoms with Crippen molar-refractivity contribution in [2.24, 2.45) is 5.92 Å². The van der Waals surface area contributed by atoms with Crippen LogP contribution >= 0.6 is 0 Å². The van der Waals surface area contributed by atoms with Crippen molar-refractivity contribution in [2.45, 2.75) is 38.5 Å². The standard InChI is InChI=1S/C23H25N3O3/c27-23(12-16-4-2-1-3-5-16)24-18-7-9-22-25-19(15-26(22)14-18)17-6-8-20-21(13-17)29-11-10-28-20/h6-9,13-16H,1-5,10-12H2,(H,24,27). The largest absolute Gasteiger partial charge is 0.486 e. The number of nitrogens with one attached hydrogen (secondary N) is 1. The van der Waals surface area contributed by atoms with Crippen LogP contribution in [-0.2, 0) is 4.79 Å². The third-order valence-electron chi connectivity index (χ3n) is 5.77. The Morgan fingerprint density at radius 2 is 1.86 bits per heavy atom. The highest BCUT2D eigenvalue weighted by molar-refractivity contribution is 5.90. The van der Waals surface area contributed by atoms with Crippen molar-refractivity contribution in [3.63, 3.8) is 0 Å². The number of fused-ring (bicyclic) bond motifs is 2. The molecule has 1 aliphatic heterocycles. The predicted octanol–water partition coefficient (Wildman–Crippen LogP) is 4.68. The number of hydrogen-bond acceptors (Lipinski definition) is 4. The summed E-state index contributed by atoms with van der Waals surface area (Å²) in [5.74, 6) is 2.15. The topological polar surface area (TPSA) is 64.9 Å². The van der Waals surface area contributed by atoms with Crippen LogP contribution in [0, 0.1) is 5.92 Å². The highest BCUT2D eigenvalue weighted by atomic mass is 16.6. The van der Waals surface area contributed by atoms with Gasteiger partial charge in [0.2, 0.25) is 5.91 Å². The average molecular weight is 391 g/mol. The molecule has 6 heteroatoms. The van der Waals surface area contributed by atoms with Gasteiger partial charge in [0.15, 0.2) is 11.5 Å². The molecule has 0 atom stereocenters. The molecule has 29 heavy (non-hydrogen) atoms. The Kier molecular flexibility index (Phi) is 4.84. The number of imidazole rings is 1. The number of anilines is 1. The van der Waals surface area contributed by atoms with Gasteiger partial charge in [0.1, 0.15) is 18.9 Å². The summed E-state index contributed by atoms with van der Waals surface area (Å²) in [5.41, 5.74) is 3.46. The van der Waals surface area contributed by atoms with Crippen LogP contribution in [0.5, 0.6) is 11.5 Å². The van der Waals surface area contributed by atoms with Crippen molar-refractivity contribution in [1.29, 1.82) is 0 Å². The number of carbonyl (C=O) groups is 1. The molecule has 2 aromatic heterocycles. The van der Waals surface area contributed by atoms with E-state index in [4.69, 9.17) is 14.5 Å². The summed E-state index contributed by atoms with van der Waals surface area (Å²) < 4.78 is 13.2. The van der Waals surface area contributed by atoms with Gasteiger partial charge in [-0.15, -0.1) is 0 Å². The lowest BCUT2D eigenvalue weighted by Gasteiger charge is -2.20. The number of pyridine rings is 1. The third kappa shape index (κ3) is 3.92. The summed E-state index contributed by atoms with van der Waals surface area (Å²) in [6, 6.07) is 9.71. The first-order valence-corrected chi connectivity index (χ1v) is 10.4. The molecule has 150 valence electrons. The molecular formula is C23H25N3O3. The Labute approximate surface area is 169 Å². The highest BCUT2D eigenvalue weighted by Crippen LogP contribution is 2.34. The van der Waals surface area contributed by atoms with Gasteiger partial charge < -0.3 is 19.2 Å². The molecule has 0 saturated heterocycles. The maximum absolute atomic E-state index is 12.4. The molecule has 1 amide bonds. The van der Waals surface area contributed by atoms with Gasteiger partial charge in [0.05, 0.1) is 11.4 Å². The minimum atomic E-state index is 0.100. The first-order valence-electron chi connectivity index (χ1n) is 10.4. The molecule has 0 unspecified atom stereocenters. The number of amides is 1. The molecule has 3 aromatic rings. The Bertz CT molecular complexity index is 1040. The SMILES string of the molecule is O=C(CC1CCCCC1)Nc1ccc2nc(-c3ccc4c(c3)OCCO4)cn2c1. The van der Waals surface area contributed by atoms with Gasteiger partial charge in [-0.1, -0.05) is 19.3 Å². The number of benzene rings is 1. The second-order valence-corrected chi connectivity index (χ2v) is 7.92. The minimum absolute atomic E-state index is 0.100. The summed E-state index contributed by atoms with van der Waals surface area (Å²) >= 11 is 0. The number of rotatable bonds is 4. The summed E-state index contributed by atoms with van der Waals surface area (Å²) in [5, 5.41) is 3.05. The van der Waals surface area contributed by atoms with Gasteiger partial charge >= 0.3 is 0 Å². The minimum Gasteiger partial charge on any atom is -0.486 e. The van der Waals surface area contributed by atoms with E-state index in [1.807, 2.05) is 47.1 Å². The van der Waals surface area contributed by atoms with Crippen molar-refractivity contribution < 1.29 is 14.3 Å². The van der Waals surface area contributed by atoms with E-state index in [-0.39, 0.29) is 5.91 Å². The normalized spacial score (nSPS) is 16.7. The van der Waals surface area contributed by atoms with Gasteiger partial charge in [-0.3, -0.25) is 4.79 Å². The Morgan fingerprint density at radius 1 is 1.03 bits per heavy atom. The molecule has 1 saturated carbocycles. The number of hydrogen-bond donors (Lipinski definition) is 1. The molecule has 1 fully saturated rings.